The zero-order chi connectivity index (χ0) is 28.1. The van der Waals surface area contributed by atoms with E-state index in [1.807, 2.05) is 12.1 Å². The van der Waals surface area contributed by atoms with Crippen molar-refractivity contribution in [1.82, 2.24) is 20.3 Å². The third-order valence-electron chi connectivity index (χ3n) is 6.76. The first-order valence-corrected chi connectivity index (χ1v) is 12.9. The molecule has 2 atom stereocenters. The van der Waals surface area contributed by atoms with E-state index in [-0.39, 0.29) is 19.2 Å². The number of benzene rings is 3. The van der Waals surface area contributed by atoms with Crippen LogP contribution in [0.25, 0.3) is 11.0 Å². The Morgan fingerprint density at radius 1 is 1.10 bits per heavy atom. The summed E-state index contributed by atoms with van der Waals surface area (Å²) < 4.78 is 25.8. The van der Waals surface area contributed by atoms with Crippen LogP contribution >= 0.6 is 0 Å². The fraction of sp³-hybridized carbons (Fsp3) is 0.276. The molecule has 5 rings (SSSR count). The van der Waals surface area contributed by atoms with Gasteiger partial charge in [-0.2, -0.15) is 0 Å². The summed E-state index contributed by atoms with van der Waals surface area (Å²) in [5.41, 5.74) is 2.31. The van der Waals surface area contributed by atoms with Gasteiger partial charge in [-0.25, -0.2) is 13.9 Å². The lowest BCUT2D eigenvalue weighted by atomic mass is 10.0. The topological polar surface area (TPSA) is 116 Å². The lowest BCUT2D eigenvalue weighted by Gasteiger charge is -2.32. The molecule has 1 saturated heterocycles. The van der Waals surface area contributed by atoms with E-state index < -0.39 is 29.6 Å². The molecule has 0 spiro atoms. The smallest absolute Gasteiger partial charge is 0.337 e. The van der Waals surface area contributed by atoms with Gasteiger partial charge in [0.25, 0.3) is 0 Å². The molecule has 4 aromatic rings. The molecule has 0 bridgehead atoms. The summed E-state index contributed by atoms with van der Waals surface area (Å²) in [6.07, 6.45) is 1.60. The fourth-order valence-corrected chi connectivity index (χ4v) is 4.73. The van der Waals surface area contributed by atoms with Gasteiger partial charge in [0.1, 0.15) is 23.9 Å². The van der Waals surface area contributed by atoms with Gasteiger partial charge in [-0.05, 0) is 66.9 Å². The van der Waals surface area contributed by atoms with E-state index in [9.17, 15) is 18.8 Å². The molecule has 10 nitrogen and oxygen atoms in total. The van der Waals surface area contributed by atoms with Gasteiger partial charge in [0.2, 0.25) is 11.8 Å². The Kier molecular flexibility index (Phi) is 8.11. The molecular formula is C29H28FN5O5. The van der Waals surface area contributed by atoms with Crippen molar-refractivity contribution in [3.63, 3.8) is 0 Å². The molecular weight excluding hydrogens is 517 g/mol. The summed E-state index contributed by atoms with van der Waals surface area (Å²) in [6, 6.07) is 17.6. The van der Waals surface area contributed by atoms with Crippen LogP contribution in [0.4, 0.5) is 10.1 Å². The number of anilines is 1. The van der Waals surface area contributed by atoms with Crippen LogP contribution in [-0.2, 0) is 25.6 Å². The first kappa shape index (κ1) is 26.9. The second-order valence-corrected chi connectivity index (χ2v) is 9.37. The van der Waals surface area contributed by atoms with E-state index in [4.69, 9.17) is 9.47 Å². The van der Waals surface area contributed by atoms with Crippen molar-refractivity contribution in [2.45, 2.75) is 31.5 Å². The number of methoxy groups -OCH3 is 1. The lowest BCUT2D eigenvalue weighted by Crippen LogP contribution is -2.46. The third kappa shape index (κ3) is 5.84. The molecule has 1 aromatic heterocycles. The third-order valence-corrected chi connectivity index (χ3v) is 6.76. The molecule has 1 fully saturated rings. The molecule has 2 heterocycles. The standard InChI is InChI=1S/C29H28FN5O5/c1-39-29(38)20-10-8-19(9-11-20)27(28(37)31-17-23-5-4-16-40-23)35(22-14-12-21(30)13-15-22)26(36)18-34-25-7-3-2-6-24(25)32-33-34/h2-3,6-15,23,27H,4-5,16-18H2,1H3,(H,31,37)/t23-,27+/m1/s1. The van der Waals surface area contributed by atoms with E-state index in [1.54, 1.807) is 24.3 Å². The fourth-order valence-electron chi connectivity index (χ4n) is 4.73. The normalized spacial score (nSPS) is 15.5. The maximum absolute atomic E-state index is 14.0. The lowest BCUT2D eigenvalue weighted by molar-refractivity contribution is -0.127. The molecule has 206 valence electrons. The predicted octanol–water partition coefficient (Wildman–Crippen LogP) is 3.43. The number of hydrogen-bond acceptors (Lipinski definition) is 7. The monoisotopic (exact) mass is 545 g/mol. The molecule has 40 heavy (non-hydrogen) atoms. The number of halogens is 1. The van der Waals surface area contributed by atoms with Crippen LogP contribution in [0.3, 0.4) is 0 Å². The van der Waals surface area contributed by atoms with Gasteiger partial charge in [-0.1, -0.05) is 29.5 Å². The van der Waals surface area contributed by atoms with Crippen molar-refractivity contribution in [2.24, 2.45) is 0 Å². The highest BCUT2D eigenvalue weighted by Gasteiger charge is 2.34. The average Bonchev–Trinajstić information content (AvgIpc) is 3.65. The Labute approximate surface area is 229 Å². The number of aromatic nitrogens is 3. The van der Waals surface area contributed by atoms with E-state index in [2.05, 4.69) is 15.6 Å². The minimum atomic E-state index is -1.15. The summed E-state index contributed by atoms with van der Waals surface area (Å²) >= 11 is 0. The van der Waals surface area contributed by atoms with Gasteiger partial charge >= 0.3 is 5.97 Å². The number of amides is 2. The number of hydrogen-bond donors (Lipinski definition) is 1. The quantitative estimate of drug-likeness (QED) is 0.321. The number of para-hydroxylation sites is 1. The molecule has 3 aromatic carbocycles. The number of esters is 1. The first-order chi connectivity index (χ1) is 19.4. The van der Waals surface area contributed by atoms with Gasteiger partial charge in [0.05, 0.1) is 24.3 Å². The van der Waals surface area contributed by atoms with Gasteiger partial charge < -0.3 is 14.8 Å². The van der Waals surface area contributed by atoms with Crippen LogP contribution < -0.4 is 10.2 Å². The minimum absolute atomic E-state index is 0.122. The number of carbonyl (C=O) groups is 3. The summed E-state index contributed by atoms with van der Waals surface area (Å²) in [4.78, 5) is 41.2. The van der Waals surface area contributed by atoms with Crippen molar-refractivity contribution < 1.29 is 28.2 Å². The van der Waals surface area contributed by atoms with Crippen LogP contribution in [0, 0.1) is 5.82 Å². The Hall–Kier alpha value is -4.64. The number of carbonyl (C=O) groups excluding carboxylic acids is 3. The molecule has 1 N–H and O–H groups in total. The van der Waals surface area contributed by atoms with Crippen molar-refractivity contribution in [2.75, 3.05) is 25.2 Å². The zero-order valence-electron chi connectivity index (χ0n) is 21.8. The largest absolute Gasteiger partial charge is 0.465 e. The van der Waals surface area contributed by atoms with Gasteiger partial charge in [-0.15, -0.1) is 5.10 Å². The predicted molar refractivity (Wildman–Crippen MR) is 144 cm³/mol. The van der Waals surface area contributed by atoms with Gasteiger partial charge in [0.15, 0.2) is 0 Å². The highest BCUT2D eigenvalue weighted by atomic mass is 19.1. The first-order valence-electron chi connectivity index (χ1n) is 12.9. The summed E-state index contributed by atoms with van der Waals surface area (Å²) in [5, 5.41) is 11.2. The summed E-state index contributed by atoms with van der Waals surface area (Å²) in [7, 11) is 1.28. The van der Waals surface area contributed by atoms with Crippen molar-refractivity contribution in [3.05, 3.63) is 89.7 Å². The average molecular weight is 546 g/mol. The Bertz CT molecular complexity index is 1500. The van der Waals surface area contributed by atoms with Gasteiger partial charge in [0, 0.05) is 18.8 Å². The maximum atomic E-state index is 14.0. The van der Waals surface area contributed by atoms with Crippen molar-refractivity contribution in [1.29, 1.82) is 0 Å². The molecule has 11 heteroatoms. The minimum Gasteiger partial charge on any atom is -0.465 e. The second kappa shape index (κ2) is 12.0. The molecule has 1 aliphatic heterocycles. The Morgan fingerprint density at radius 3 is 2.55 bits per heavy atom. The Balaban J connectivity index is 1.54. The molecule has 0 unspecified atom stereocenters. The summed E-state index contributed by atoms with van der Waals surface area (Å²) in [5.74, 6) is -1.95. The van der Waals surface area contributed by atoms with Gasteiger partial charge in [-0.3, -0.25) is 14.5 Å². The van der Waals surface area contributed by atoms with Crippen LogP contribution in [0.5, 0.6) is 0 Å². The molecule has 0 saturated carbocycles. The number of nitrogens with one attached hydrogen (secondary N) is 1. The Morgan fingerprint density at radius 2 is 1.85 bits per heavy atom. The molecule has 1 aliphatic rings. The van der Waals surface area contributed by atoms with E-state index in [0.717, 1.165) is 12.8 Å². The number of nitrogens with zero attached hydrogens (tertiary/aromatic N) is 4. The highest BCUT2D eigenvalue weighted by Crippen LogP contribution is 2.30. The van der Waals surface area contributed by atoms with E-state index >= 15 is 0 Å². The highest BCUT2D eigenvalue weighted by molar-refractivity contribution is 6.01. The van der Waals surface area contributed by atoms with Crippen LogP contribution in [0.1, 0.15) is 34.8 Å². The van der Waals surface area contributed by atoms with E-state index in [0.29, 0.717) is 34.5 Å². The molecule has 0 radical (unpaired) electrons. The maximum Gasteiger partial charge on any atom is 0.337 e. The van der Waals surface area contributed by atoms with Crippen molar-refractivity contribution >= 4 is 34.5 Å². The SMILES string of the molecule is COC(=O)c1ccc([C@@H](C(=O)NC[C@H]2CCCO2)N(C(=O)Cn2nnc3ccccc32)c2ccc(F)cc2)cc1. The van der Waals surface area contributed by atoms with Crippen molar-refractivity contribution in [3.8, 4) is 0 Å². The van der Waals surface area contributed by atoms with E-state index in [1.165, 1.54) is 53.1 Å². The summed E-state index contributed by atoms with van der Waals surface area (Å²) in [6.45, 7) is 0.674. The second-order valence-electron chi connectivity index (χ2n) is 9.37. The van der Waals surface area contributed by atoms with Crippen LogP contribution in [-0.4, -0.2) is 59.1 Å². The zero-order valence-corrected chi connectivity index (χ0v) is 21.8. The van der Waals surface area contributed by atoms with Crippen LogP contribution in [0.15, 0.2) is 72.8 Å². The molecule has 0 aliphatic carbocycles. The number of rotatable bonds is 9. The number of ether oxygens (including phenoxy) is 2. The number of fused-ring (bicyclic) bond motifs is 1. The molecule has 2 amide bonds. The van der Waals surface area contributed by atoms with Crippen LogP contribution in [0.2, 0.25) is 0 Å².